The lowest BCUT2D eigenvalue weighted by molar-refractivity contribution is 0.0273. The van der Waals surface area contributed by atoms with E-state index in [-0.39, 0.29) is 11.9 Å². The maximum absolute atomic E-state index is 13.7. The quantitative estimate of drug-likeness (QED) is 0.879. The van der Waals surface area contributed by atoms with E-state index in [1.54, 1.807) is 12.1 Å². The van der Waals surface area contributed by atoms with Crippen LogP contribution in [0.3, 0.4) is 0 Å². The molecule has 0 radical (unpaired) electrons. The van der Waals surface area contributed by atoms with E-state index in [0.717, 1.165) is 22.5 Å². The van der Waals surface area contributed by atoms with Crippen LogP contribution in [0, 0.1) is 11.7 Å². The standard InChI is InChI=1S/C17H24BrFN2/c18-15-8-7-13(19)10-14(15)17(11-20)21-9-3-5-12-4-1-2-6-16(12)21/h7-8,10,12,16-17H,1-6,9,11,20H2/t12-,16-,17?/m1/s1. The van der Waals surface area contributed by atoms with Crippen molar-refractivity contribution in [2.45, 2.75) is 50.6 Å². The van der Waals surface area contributed by atoms with Crippen molar-refractivity contribution in [1.82, 2.24) is 4.90 Å². The largest absolute Gasteiger partial charge is 0.329 e. The summed E-state index contributed by atoms with van der Waals surface area (Å²) < 4.78 is 14.6. The van der Waals surface area contributed by atoms with Crippen LogP contribution in [0.1, 0.15) is 50.1 Å². The zero-order valence-electron chi connectivity index (χ0n) is 12.4. The molecule has 0 spiro atoms. The Balaban J connectivity index is 1.89. The Morgan fingerprint density at radius 1 is 1.24 bits per heavy atom. The van der Waals surface area contributed by atoms with E-state index in [1.807, 2.05) is 0 Å². The number of hydrogen-bond donors (Lipinski definition) is 1. The van der Waals surface area contributed by atoms with Crippen LogP contribution in [0.25, 0.3) is 0 Å². The Morgan fingerprint density at radius 3 is 2.81 bits per heavy atom. The molecule has 21 heavy (non-hydrogen) atoms. The van der Waals surface area contributed by atoms with Crippen LogP contribution in [0.2, 0.25) is 0 Å². The summed E-state index contributed by atoms with van der Waals surface area (Å²) in [5.41, 5.74) is 7.09. The number of halogens is 2. The minimum Gasteiger partial charge on any atom is -0.329 e. The van der Waals surface area contributed by atoms with Gasteiger partial charge in [-0.05, 0) is 61.9 Å². The van der Waals surface area contributed by atoms with Gasteiger partial charge >= 0.3 is 0 Å². The molecule has 1 aliphatic carbocycles. The Labute approximate surface area is 135 Å². The van der Waals surface area contributed by atoms with Gasteiger partial charge in [-0.3, -0.25) is 4.90 Å². The molecule has 0 amide bonds. The fourth-order valence-electron chi connectivity index (χ4n) is 4.26. The second-order valence-electron chi connectivity index (χ2n) is 6.41. The summed E-state index contributed by atoms with van der Waals surface area (Å²) in [6.07, 6.45) is 7.90. The van der Waals surface area contributed by atoms with Gasteiger partial charge in [-0.15, -0.1) is 0 Å². The third-order valence-corrected chi connectivity index (χ3v) is 5.95. The van der Waals surface area contributed by atoms with Crippen molar-refractivity contribution in [3.05, 3.63) is 34.1 Å². The van der Waals surface area contributed by atoms with E-state index in [9.17, 15) is 4.39 Å². The van der Waals surface area contributed by atoms with Gasteiger partial charge in [-0.25, -0.2) is 4.39 Å². The molecule has 1 heterocycles. The highest BCUT2D eigenvalue weighted by atomic mass is 79.9. The Kier molecular flexibility index (Phi) is 4.97. The highest BCUT2D eigenvalue weighted by molar-refractivity contribution is 9.10. The van der Waals surface area contributed by atoms with Gasteiger partial charge in [0, 0.05) is 23.1 Å². The SMILES string of the molecule is NCC(c1cc(F)ccc1Br)N1CCC[C@H]2CCCC[C@H]21. The fourth-order valence-corrected chi connectivity index (χ4v) is 4.77. The molecular formula is C17H24BrFN2. The smallest absolute Gasteiger partial charge is 0.123 e. The zero-order valence-corrected chi connectivity index (χ0v) is 14.0. The number of piperidine rings is 1. The second kappa shape index (κ2) is 6.76. The number of nitrogens with zero attached hydrogens (tertiary/aromatic N) is 1. The molecule has 1 aromatic rings. The molecule has 3 atom stereocenters. The van der Waals surface area contributed by atoms with E-state index in [4.69, 9.17) is 5.73 Å². The average molecular weight is 355 g/mol. The Morgan fingerprint density at radius 2 is 2.00 bits per heavy atom. The highest BCUT2D eigenvalue weighted by Crippen LogP contribution is 2.40. The molecule has 1 saturated carbocycles. The van der Waals surface area contributed by atoms with Gasteiger partial charge in [0.25, 0.3) is 0 Å². The van der Waals surface area contributed by atoms with Crippen molar-refractivity contribution in [3.63, 3.8) is 0 Å². The summed E-state index contributed by atoms with van der Waals surface area (Å²) in [5.74, 6) is 0.637. The van der Waals surface area contributed by atoms with Crippen molar-refractivity contribution in [2.75, 3.05) is 13.1 Å². The topological polar surface area (TPSA) is 29.3 Å². The molecule has 2 fully saturated rings. The van der Waals surface area contributed by atoms with Crippen molar-refractivity contribution in [3.8, 4) is 0 Å². The highest BCUT2D eigenvalue weighted by Gasteiger charge is 2.37. The maximum atomic E-state index is 13.7. The molecule has 2 N–H and O–H groups in total. The first-order chi connectivity index (χ1) is 10.2. The van der Waals surface area contributed by atoms with Gasteiger partial charge in [0.2, 0.25) is 0 Å². The summed E-state index contributed by atoms with van der Waals surface area (Å²) in [5, 5.41) is 0. The predicted octanol–water partition coefficient (Wildman–Crippen LogP) is 4.24. The maximum Gasteiger partial charge on any atom is 0.123 e. The minimum absolute atomic E-state index is 0.126. The third-order valence-electron chi connectivity index (χ3n) is 5.23. The van der Waals surface area contributed by atoms with Gasteiger partial charge in [-0.2, -0.15) is 0 Å². The number of hydrogen-bond acceptors (Lipinski definition) is 2. The van der Waals surface area contributed by atoms with Crippen molar-refractivity contribution >= 4 is 15.9 Å². The van der Waals surface area contributed by atoms with Crippen LogP contribution in [-0.2, 0) is 0 Å². The number of nitrogens with two attached hydrogens (primary N) is 1. The first-order valence-corrected chi connectivity index (χ1v) is 8.90. The molecule has 2 nitrogen and oxygen atoms in total. The lowest BCUT2D eigenvalue weighted by atomic mass is 9.77. The molecule has 116 valence electrons. The summed E-state index contributed by atoms with van der Waals surface area (Å²) >= 11 is 3.58. The molecular weight excluding hydrogens is 331 g/mol. The van der Waals surface area contributed by atoms with Gasteiger partial charge in [0.1, 0.15) is 5.82 Å². The Hall–Kier alpha value is -0.450. The molecule has 1 unspecified atom stereocenters. The van der Waals surface area contributed by atoms with E-state index in [0.29, 0.717) is 12.6 Å². The second-order valence-corrected chi connectivity index (χ2v) is 7.26. The van der Waals surface area contributed by atoms with Crippen molar-refractivity contribution in [2.24, 2.45) is 11.7 Å². The normalized spacial score (nSPS) is 28.1. The van der Waals surface area contributed by atoms with E-state index >= 15 is 0 Å². The van der Waals surface area contributed by atoms with Gasteiger partial charge in [-0.1, -0.05) is 28.8 Å². The van der Waals surface area contributed by atoms with Gasteiger partial charge in [0.15, 0.2) is 0 Å². The summed E-state index contributed by atoms with van der Waals surface area (Å²) in [4.78, 5) is 2.56. The molecule has 1 aliphatic heterocycles. The monoisotopic (exact) mass is 354 g/mol. The van der Waals surface area contributed by atoms with Crippen LogP contribution in [0.5, 0.6) is 0 Å². The minimum atomic E-state index is -0.177. The number of fused-ring (bicyclic) bond motifs is 1. The van der Waals surface area contributed by atoms with Gasteiger partial charge < -0.3 is 5.73 Å². The van der Waals surface area contributed by atoms with Crippen molar-refractivity contribution in [1.29, 1.82) is 0 Å². The first kappa shape index (κ1) is 15.4. The molecule has 0 bridgehead atoms. The Bertz CT molecular complexity index is 492. The molecule has 1 saturated heterocycles. The van der Waals surface area contributed by atoms with Crippen LogP contribution >= 0.6 is 15.9 Å². The van der Waals surface area contributed by atoms with Crippen LogP contribution < -0.4 is 5.73 Å². The summed E-state index contributed by atoms with van der Waals surface area (Å²) in [6.45, 7) is 1.64. The van der Waals surface area contributed by atoms with Gasteiger partial charge in [0.05, 0.1) is 0 Å². The van der Waals surface area contributed by atoms with Crippen molar-refractivity contribution < 1.29 is 4.39 Å². The number of likely N-dealkylation sites (tertiary alicyclic amines) is 1. The first-order valence-electron chi connectivity index (χ1n) is 8.11. The fraction of sp³-hybridized carbons (Fsp3) is 0.647. The number of benzene rings is 1. The summed E-state index contributed by atoms with van der Waals surface area (Å²) in [6, 6.07) is 5.71. The molecule has 1 aromatic carbocycles. The predicted molar refractivity (Wildman–Crippen MR) is 87.6 cm³/mol. The lowest BCUT2D eigenvalue weighted by Gasteiger charge is -2.47. The average Bonchev–Trinajstić information content (AvgIpc) is 2.51. The zero-order chi connectivity index (χ0) is 14.8. The molecule has 3 rings (SSSR count). The summed E-state index contributed by atoms with van der Waals surface area (Å²) in [7, 11) is 0. The molecule has 4 heteroatoms. The van der Waals surface area contributed by atoms with E-state index in [1.165, 1.54) is 44.6 Å². The molecule has 2 aliphatic rings. The van der Waals surface area contributed by atoms with Crippen LogP contribution in [-0.4, -0.2) is 24.0 Å². The van der Waals surface area contributed by atoms with Crippen LogP contribution in [0.15, 0.2) is 22.7 Å². The lowest BCUT2D eigenvalue weighted by Crippen LogP contribution is -2.50. The van der Waals surface area contributed by atoms with Crippen LogP contribution in [0.4, 0.5) is 4.39 Å². The van der Waals surface area contributed by atoms with E-state index in [2.05, 4.69) is 20.8 Å². The van der Waals surface area contributed by atoms with E-state index < -0.39 is 0 Å². The number of rotatable bonds is 3. The third kappa shape index (κ3) is 3.17. The molecule has 0 aromatic heterocycles.